The number of nitriles is 1. The number of halogens is 2. The van der Waals surface area contributed by atoms with E-state index in [4.69, 9.17) is 16.9 Å². The molecule has 1 N–H and O–H groups in total. The number of H-pyrrole nitrogens is 1. The Kier molecular flexibility index (Phi) is 5.19. The van der Waals surface area contributed by atoms with Crippen molar-refractivity contribution in [2.45, 2.75) is 20.4 Å². The number of nitrogens with zero attached hydrogens (tertiary/aromatic N) is 4. The molecule has 3 rings (SSSR count). The predicted molar refractivity (Wildman–Crippen MR) is 101 cm³/mol. The van der Waals surface area contributed by atoms with Gasteiger partial charge in [-0.05, 0) is 49.3 Å². The molecule has 0 spiro atoms. The Morgan fingerprint density at radius 1 is 1.30 bits per heavy atom. The minimum atomic E-state index is -0.520. The molecular weight excluding hydrogens is 369 g/mol. The lowest BCUT2D eigenvalue weighted by atomic mass is 10.1. The molecule has 1 aromatic carbocycles. The molecule has 0 aliphatic carbocycles. The number of aromatic nitrogens is 4. The van der Waals surface area contributed by atoms with E-state index < -0.39 is 5.56 Å². The first kappa shape index (κ1) is 18.5. The molecule has 0 fully saturated rings. The SMILES string of the molecule is Cc1nn(Cc2ccc(F)cc2)c(Cl)c1/C=C/c1n[nH]c(=O)c(C#N)c1C. The summed E-state index contributed by atoms with van der Waals surface area (Å²) < 4.78 is 14.7. The summed E-state index contributed by atoms with van der Waals surface area (Å²) in [6.45, 7) is 3.88. The van der Waals surface area contributed by atoms with Crippen LogP contribution in [-0.2, 0) is 6.54 Å². The maximum absolute atomic E-state index is 13.0. The third kappa shape index (κ3) is 3.81. The summed E-state index contributed by atoms with van der Waals surface area (Å²) in [4.78, 5) is 11.6. The topological polar surface area (TPSA) is 87.4 Å². The molecule has 0 radical (unpaired) electrons. The zero-order valence-electron chi connectivity index (χ0n) is 14.6. The molecule has 2 heterocycles. The van der Waals surface area contributed by atoms with Crippen LogP contribution in [0.4, 0.5) is 4.39 Å². The van der Waals surface area contributed by atoms with E-state index in [1.54, 1.807) is 35.9 Å². The molecule has 0 aliphatic heterocycles. The molecular formula is C19H15ClFN5O. The summed E-state index contributed by atoms with van der Waals surface area (Å²) in [5, 5.41) is 20.2. The summed E-state index contributed by atoms with van der Waals surface area (Å²) in [5.41, 5.74) is 2.74. The summed E-state index contributed by atoms with van der Waals surface area (Å²) >= 11 is 6.45. The van der Waals surface area contributed by atoms with Crippen LogP contribution in [0, 0.1) is 31.0 Å². The lowest BCUT2D eigenvalue weighted by molar-refractivity contribution is 0.624. The molecule has 6 nitrogen and oxygen atoms in total. The summed E-state index contributed by atoms with van der Waals surface area (Å²) in [6.07, 6.45) is 3.41. The van der Waals surface area contributed by atoms with Crippen LogP contribution >= 0.6 is 11.6 Å². The van der Waals surface area contributed by atoms with Crippen LogP contribution in [0.1, 0.15) is 33.6 Å². The van der Waals surface area contributed by atoms with Gasteiger partial charge >= 0.3 is 0 Å². The second-order valence-corrected chi connectivity index (χ2v) is 6.32. The van der Waals surface area contributed by atoms with Crippen LogP contribution in [0.2, 0.25) is 5.15 Å². The third-order valence-electron chi connectivity index (χ3n) is 4.14. The van der Waals surface area contributed by atoms with Gasteiger partial charge in [-0.15, -0.1) is 0 Å². The van der Waals surface area contributed by atoms with E-state index in [0.29, 0.717) is 34.2 Å². The largest absolute Gasteiger partial charge is 0.282 e. The Hall–Kier alpha value is -3.24. The normalized spacial score (nSPS) is 11.1. The smallest absolute Gasteiger partial charge is 0.267 e. The van der Waals surface area contributed by atoms with E-state index in [-0.39, 0.29) is 11.4 Å². The van der Waals surface area contributed by atoms with E-state index in [0.717, 1.165) is 5.56 Å². The minimum Gasteiger partial charge on any atom is -0.267 e. The van der Waals surface area contributed by atoms with E-state index in [1.165, 1.54) is 12.1 Å². The quantitative estimate of drug-likeness (QED) is 0.747. The van der Waals surface area contributed by atoms with Crippen LogP contribution in [-0.4, -0.2) is 20.0 Å². The summed E-state index contributed by atoms with van der Waals surface area (Å²) in [7, 11) is 0. The van der Waals surface area contributed by atoms with E-state index in [1.807, 2.05) is 13.0 Å². The van der Waals surface area contributed by atoms with Gasteiger partial charge in [0.05, 0.1) is 17.9 Å². The Morgan fingerprint density at radius 2 is 2.00 bits per heavy atom. The summed E-state index contributed by atoms with van der Waals surface area (Å²) in [5.74, 6) is -0.300. The van der Waals surface area contributed by atoms with Crippen molar-refractivity contribution in [1.29, 1.82) is 5.26 Å². The molecule has 3 aromatic rings. The molecule has 0 bridgehead atoms. The fourth-order valence-electron chi connectivity index (χ4n) is 2.63. The molecule has 8 heteroatoms. The lowest BCUT2D eigenvalue weighted by Gasteiger charge is -2.03. The number of rotatable bonds is 4. The number of hydrogen-bond donors (Lipinski definition) is 1. The van der Waals surface area contributed by atoms with Crippen molar-refractivity contribution in [2.75, 3.05) is 0 Å². The van der Waals surface area contributed by atoms with Gasteiger partial charge in [-0.1, -0.05) is 23.7 Å². The van der Waals surface area contributed by atoms with E-state index in [2.05, 4.69) is 15.3 Å². The van der Waals surface area contributed by atoms with Crippen molar-refractivity contribution < 1.29 is 4.39 Å². The monoisotopic (exact) mass is 383 g/mol. The first-order chi connectivity index (χ1) is 12.9. The van der Waals surface area contributed by atoms with Crippen LogP contribution < -0.4 is 5.56 Å². The third-order valence-corrected chi connectivity index (χ3v) is 4.54. The Bertz CT molecular complexity index is 1120. The Balaban J connectivity index is 1.91. The zero-order chi connectivity index (χ0) is 19.6. The number of aromatic amines is 1. The second-order valence-electron chi connectivity index (χ2n) is 5.96. The van der Waals surface area contributed by atoms with Crippen molar-refractivity contribution in [3.8, 4) is 6.07 Å². The highest BCUT2D eigenvalue weighted by atomic mass is 35.5. The second kappa shape index (κ2) is 7.56. The fraction of sp³-hybridized carbons (Fsp3) is 0.158. The average molecular weight is 384 g/mol. The highest BCUT2D eigenvalue weighted by Crippen LogP contribution is 2.23. The van der Waals surface area contributed by atoms with Gasteiger partial charge in [0.2, 0.25) is 0 Å². The molecule has 2 aromatic heterocycles. The van der Waals surface area contributed by atoms with Gasteiger partial charge in [0.25, 0.3) is 5.56 Å². The highest BCUT2D eigenvalue weighted by molar-refractivity contribution is 6.31. The lowest BCUT2D eigenvalue weighted by Crippen LogP contribution is -2.15. The molecule has 136 valence electrons. The van der Waals surface area contributed by atoms with Gasteiger partial charge in [0.15, 0.2) is 0 Å². The maximum Gasteiger partial charge on any atom is 0.282 e. The van der Waals surface area contributed by atoms with E-state index >= 15 is 0 Å². The summed E-state index contributed by atoms with van der Waals surface area (Å²) in [6, 6.07) is 8.00. The molecule has 0 amide bonds. The number of benzene rings is 1. The fourth-order valence-corrected chi connectivity index (χ4v) is 2.93. The first-order valence-corrected chi connectivity index (χ1v) is 8.43. The van der Waals surface area contributed by atoms with Crippen LogP contribution in [0.5, 0.6) is 0 Å². The van der Waals surface area contributed by atoms with Crippen molar-refractivity contribution in [1.82, 2.24) is 20.0 Å². The van der Waals surface area contributed by atoms with Gasteiger partial charge in [-0.2, -0.15) is 15.5 Å². The van der Waals surface area contributed by atoms with E-state index in [9.17, 15) is 9.18 Å². The average Bonchev–Trinajstić information content (AvgIpc) is 2.90. The molecule has 0 unspecified atom stereocenters. The van der Waals surface area contributed by atoms with Gasteiger partial charge in [0, 0.05) is 5.56 Å². The predicted octanol–water partition coefficient (Wildman–Crippen LogP) is 3.47. The van der Waals surface area contributed by atoms with Crippen molar-refractivity contribution in [3.05, 3.63) is 79.2 Å². The first-order valence-electron chi connectivity index (χ1n) is 8.05. The molecule has 0 aliphatic rings. The van der Waals surface area contributed by atoms with Gasteiger partial charge < -0.3 is 0 Å². The van der Waals surface area contributed by atoms with Crippen molar-refractivity contribution in [3.63, 3.8) is 0 Å². The molecule has 27 heavy (non-hydrogen) atoms. The van der Waals surface area contributed by atoms with Crippen molar-refractivity contribution >= 4 is 23.8 Å². The van der Waals surface area contributed by atoms with Crippen LogP contribution in [0.25, 0.3) is 12.2 Å². The minimum absolute atomic E-state index is 0.0273. The molecule has 0 saturated heterocycles. The van der Waals surface area contributed by atoms with Gasteiger partial charge in [-0.3, -0.25) is 4.79 Å². The highest BCUT2D eigenvalue weighted by Gasteiger charge is 2.13. The molecule has 0 saturated carbocycles. The van der Waals surface area contributed by atoms with Crippen LogP contribution in [0.3, 0.4) is 0 Å². The van der Waals surface area contributed by atoms with Gasteiger partial charge in [-0.25, -0.2) is 14.2 Å². The molecule has 0 atom stereocenters. The zero-order valence-corrected chi connectivity index (χ0v) is 15.4. The maximum atomic E-state index is 13.0. The standard InChI is InChI=1S/C19H15ClFN5O/c1-11-16(9-22)19(27)24-23-17(11)8-7-15-12(2)25-26(18(15)20)10-13-3-5-14(21)6-4-13/h3-8H,10H2,1-2H3,(H,24,27)/b8-7+. The Morgan fingerprint density at radius 3 is 2.67 bits per heavy atom. The number of nitrogens with one attached hydrogen (secondary N) is 1. The van der Waals surface area contributed by atoms with Crippen molar-refractivity contribution in [2.24, 2.45) is 0 Å². The van der Waals surface area contributed by atoms with Gasteiger partial charge in [0.1, 0.15) is 22.6 Å². The number of hydrogen-bond acceptors (Lipinski definition) is 4. The Labute approximate surface area is 159 Å². The van der Waals surface area contributed by atoms with Crippen LogP contribution in [0.15, 0.2) is 29.1 Å². The number of aryl methyl sites for hydroxylation is 1.